The third-order valence-corrected chi connectivity index (χ3v) is 3.07. The fourth-order valence-corrected chi connectivity index (χ4v) is 2.24. The average Bonchev–Trinajstić information content (AvgIpc) is 2.63. The zero-order valence-corrected chi connectivity index (χ0v) is 10.1. The molecule has 0 aliphatic carbocycles. The molecule has 0 radical (unpaired) electrons. The van der Waals surface area contributed by atoms with E-state index in [1.807, 2.05) is 6.92 Å². The fraction of sp³-hybridized carbons (Fsp3) is 0.167. The SMILES string of the molecule is CCN=C1NC(=O)/C(=C/c2ccc(F)cc2)S1. The number of hydrogen-bond donors (Lipinski definition) is 1. The number of carbonyl (C=O) groups is 1. The largest absolute Gasteiger partial charge is 0.301 e. The normalized spacial score (nSPS) is 20.0. The molecule has 0 aromatic heterocycles. The Balaban J connectivity index is 2.20. The van der Waals surface area contributed by atoms with Crippen molar-refractivity contribution in [1.29, 1.82) is 0 Å². The predicted octanol–water partition coefficient (Wildman–Crippen LogP) is 2.41. The lowest BCUT2D eigenvalue weighted by molar-refractivity contribution is -0.115. The minimum absolute atomic E-state index is 0.161. The van der Waals surface area contributed by atoms with Gasteiger partial charge in [0.15, 0.2) is 5.17 Å². The molecular formula is C12H11FN2OS. The minimum atomic E-state index is -0.288. The number of benzene rings is 1. The topological polar surface area (TPSA) is 41.5 Å². The highest BCUT2D eigenvalue weighted by Crippen LogP contribution is 2.25. The zero-order valence-electron chi connectivity index (χ0n) is 9.24. The molecular weight excluding hydrogens is 239 g/mol. The van der Waals surface area contributed by atoms with Gasteiger partial charge in [-0.25, -0.2) is 4.39 Å². The molecule has 1 aromatic carbocycles. The Labute approximate surface area is 103 Å². The number of thioether (sulfide) groups is 1. The molecule has 17 heavy (non-hydrogen) atoms. The Morgan fingerprint density at radius 3 is 2.76 bits per heavy atom. The molecule has 1 saturated heterocycles. The summed E-state index contributed by atoms with van der Waals surface area (Å²) in [6.45, 7) is 2.54. The average molecular weight is 250 g/mol. The van der Waals surface area contributed by atoms with E-state index in [0.717, 1.165) is 5.56 Å². The molecule has 88 valence electrons. The summed E-state index contributed by atoms with van der Waals surface area (Å²) in [5, 5.41) is 3.28. The van der Waals surface area contributed by atoms with E-state index in [0.29, 0.717) is 16.6 Å². The van der Waals surface area contributed by atoms with Gasteiger partial charge in [-0.2, -0.15) is 0 Å². The molecule has 1 aliphatic heterocycles. The van der Waals surface area contributed by atoms with Crippen molar-refractivity contribution < 1.29 is 9.18 Å². The molecule has 1 aromatic rings. The lowest BCUT2D eigenvalue weighted by Crippen LogP contribution is -2.19. The molecule has 1 N–H and O–H groups in total. The Morgan fingerprint density at radius 1 is 1.41 bits per heavy atom. The van der Waals surface area contributed by atoms with Crippen LogP contribution in [0.4, 0.5) is 4.39 Å². The molecule has 0 atom stereocenters. The third-order valence-electron chi connectivity index (χ3n) is 2.12. The van der Waals surface area contributed by atoms with Crippen molar-refractivity contribution in [3.8, 4) is 0 Å². The maximum absolute atomic E-state index is 12.7. The summed E-state index contributed by atoms with van der Waals surface area (Å²) in [5.41, 5.74) is 0.793. The second-order valence-electron chi connectivity index (χ2n) is 3.40. The molecule has 0 bridgehead atoms. The number of halogens is 1. The van der Waals surface area contributed by atoms with Gasteiger partial charge < -0.3 is 5.32 Å². The number of hydrogen-bond acceptors (Lipinski definition) is 3. The second kappa shape index (κ2) is 5.14. The van der Waals surface area contributed by atoms with Gasteiger partial charge >= 0.3 is 0 Å². The van der Waals surface area contributed by atoms with Crippen LogP contribution >= 0.6 is 11.8 Å². The van der Waals surface area contributed by atoms with Crippen LogP contribution in [0.15, 0.2) is 34.2 Å². The zero-order chi connectivity index (χ0) is 12.3. The van der Waals surface area contributed by atoms with Gasteiger partial charge in [0.25, 0.3) is 5.91 Å². The Kier molecular flexibility index (Phi) is 3.58. The van der Waals surface area contributed by atoms with E-state index in [9.17, 15) is 9.18 Å². The van der Waals surface area contributed by atoms with Crippen molar-refractivity contribution in [2.24, 2.45) is 4.99 Å². The van der Waals surface area contributed by atoms with Gasteiger partial charge in [-0.05, 0) is 42.5 Å². The summed E-state index contributed by atoms with van der Waals surface area (Å²) in [6, 6.07) is 5.99. The van der Waals surface area contributed by atoms with Crippen LogP contribution in [0, 0.1) is 5.82 Å². The molecule has 1 heterocycles. The maximum Gasteiger partial charge on any atom is 0.264 e. The summed E-state index contributed by atoms with van der Waals surface area (Å²) in [6.07, 6.45) is 1.72. The summed E-state index contributed by atoms with van der Waals surface area (Å²) < 4.78 is 12.7. The molecule has 0 spiro atoms. The number of rotatable bonds is 2. The standard InChI is InChI=1S/C12H11FN2OS/c1-2-14-12-15-11(16)10(17-12)7-8-3-5-9(13)6-4-8/h3-7H,2H2,1H3,(H,14,15,16)/b10-7-. The molecule has 1 amide bonds. The number of nitrogens with zero attached hydrogens (tertiary/aromatic N) is 1. The molecule has 3 nitrogen and oxygen atoms in total. The Bertz CT molecular complexity index is 494. The van der Waals surface area contributed by atoms with E-state index >= 15 is 0 Å². The molecule has 2 rings (SSSR count). The van der Waals surface area contributed by atoms with E-state index in [1.165, 1.54) is 23.9 Å². The van der Waals surface area contributed by atoms with Crippen LogP contribution in [0.25, 0.3) is 6.08 Å². The van der Waals surface area contributed by atoms with E-state index < -0.39 is 0 Å². The summed E-state index contributed by atoms with van der Waals surface area (Å²) in [4.78, 5) is 16.3. The van der Waals surface area contributed by atoms with Crippen LogP contribution in [-0.2, 0) is 4.79 Å². The van der Waals surface area contributed by atoms with Crippen molar-refractivity contribution in [2.45, 2.75) is 6.92 Å². The minimum Gasteiger partial charge on any atom is -0.301 e. The van der Waals surface area contributed by atoms with Gasteiger partial charge in [-0.1, -0.05) is 12.1 Å². The van der Waals surface area contributed by atoms with E-state index in [2.05, 4.69) is 10.3 Å². The number of amides is 1. The van der Waals surface area contributed by atoms with Gasteiger partial charge in [0.1, 0.15) is 5.82 Å². The predicted molar refractivity (Wildman–Crippen MR) is 68.1 cm³/mol. The van der Waals surface area contributed by atoms with Crippen molar-refractivity contribution in [3.63, 3.8) is 0 Å². The number of aliphatic imine (C=N–C) groups is 1. The van der Waals surface area contributed by atoms with Crippen LogP contribution < -0.4 is 5.32 Å². The lowest BCUT2D eigenvalue weighted by atomic mass is 10.2. The fourth-order valence-electron chi connectivity index (χ4n) is 1.36. The molecule has 1 fully saturated rings. The molecule has 1 aliphatic rings. The molecule has 5 heteroatoms. The van der Waals surface area contributed by atoms with Crippen molar-refractivity contribution in [1.82, 2.24) is 5.32 Å². The van der Waals surface area contributed by atoms with Gasteiger partial charge in [0.2, 0.25) is 0 Å². The molecule has 0 saturated carbocycles. The van der Waals surface area contributed by atoms with Gasteiger partial charge in [0.05, 0.1) is 4.91 Å². The number of carbonyl (C=O) groups excluding carboxylic acids is 1. The number of amidine groups is 1. The third kappa shape index (κ3) is 2.94. The summed E-state index contributed by atoms with van der Waals surface area (Å²) in [5.74, 6) is -0.449. The van der Waals surface area contributed by atoms with Crippen molar-refractivity contribution in [2.75, 3.05) is 6.54 Å². The van der Waals surface area contributed by atoms with Gasteiger partial charge in [0, 0.05) is 6.54 Å². The van der Waals surface area contributed by atoms with Crippen LogP contribution in [0.5, 0.6) is 0 Å². The van der Waals surface area contributed by atoms with Gasteiger partial charge in [-0.3, -0.25) is 9.79 Å². The first kappa shape index (κ1) is 11.9. The summed E-state index contributed by atoms with van der Waals surface area (Å²) >= 11 is 1.30. The highest BCUT2D eigenvalue weighted by atomic mass is 32.2. The Morgan fingerprint density at radius 2 is 2.12 bits per heavy atom. The Hall–Kier alpha value is -1.62. The lowest BCUT2D eigenvalue weighted by Gasteiger charge is -1.94. The highest BCUT2D eigenvalue weighted by Gasteiger charge is 2.23. The first-order valence-corrected chi connectivity index (χ1v) is 6.01. The summed E-state index contributed by atoms with van der Waals surface area (Å²) in [7, 11) is 0. The van der Waals surface area contributed by atoms with E-state index in [4.69, 9.17) is 0 Å². The number of nitrogens with one attached hydrogen (secondary N) is 1. The monoisotopic (exact) mass is 250 g/mol. The van der Waals surface area contributed by atoms with Crippen LogP contribution in [0.2, 0.25) is 0 Å². The first-order valence-electron chi connectivity index (χ1n) is 5.20. The van der Waals surface area contributed by atoms with Gasteiger partial charge in [-0.15, -0.1) is 0 Å². The van der Waals surface area contributed by atoms with Crippen LogP contribution in [0.1, 0.15) is 12.5 Å². The van der Waals surface area contributed by atoms with Crippen LogP contribution in [0.3, 0.4) is 0 Å². The van der Waals surface area contributed by atoms with Crippen LogP contribution in [-0.4, -0.2) is 17.6 Å². The van der Waals surface area contributed by atoms with E-state index in [-0.39, 0.29) is 11.7 Å². The van der Waals surface area contributed by atoms with E-state index in [1.54, 1.807) is 18.2 Å². The highest BCUT2D eigenvalue weighted by molar-refractivity contribution is 8.18. The smallest absolute Gasteiger partial charge is 0.264 e. The quantitative estimate of drug-likeness (QED) is 0.819. The maximum atomic E-state index is 12.7. The van der Waals surface area contributed by atoms with Crippen molar-refractivity contribution >= 4 is 28.9 Å². The second-order valence-corrected chi connectivity index (χ2v) is 4.43. The molecule has 0 unspecified atom stereocenters. The van der Waals surface area contributed by atoms with Crippen molar-refractivity contribution in [3.05, 3.63) is 40.6 Å². The first-order chi connectivity index (χ1) is 8.19.